The molecule has 0 aliphatic carbocycles. The number of amides is 1. The van der Waals surface area contributed by atoms with E-state index < -0.39 is 0 Å². The van der Waals surface area contributed by atoms with Crippen molar-refractivity contribution >= 4 is 22.1 Å². The Balaban J connectivity index is 2.08. The summed E-state index contributed by atoms with van der Waals surface area (Å²) in [4.78, 5) is 16.8. The molecule has 0 saturated heterocycles. The smallest absolute Gasteiger partial charge is 0.269 e. The minimum atomic E-state index is -0.0636. The van der Waals surface area contributed by atoms with Crippen molar-refractivity contribution < 1.29 is 4.79 Å². The first kappa shape index (κ1) is 11.1. The molecule has 2 aromatic rings. The standard InChI is InChI=1S/C10H14N4OS/c1-7(11-2)3-13-10(15)8-5-16-9-4-12-6-14(8)9/h4-7,11H,3H2,1-2H3,(H,13,15). The van der Waals surface area contributed by atoms with Crippen LogP contribution in [0.3, 0.4) is 0 Å². The van der Waals surface area contributed by atoms with Gasteiger partial charge in [0.05, 0.1) is 6.20 Å². The Morgan fingerprint density at radius 3 is 3.25 bits per heavy atom. The zero-order valence-electron chi connectivity index (χ0n) is 9.23. The SMILES string of the molecule is CNC(C)CNC(=O)c1csc2cncn12. The summed E-state index contributed by atoms with van der Waals surface area (Å²) in [6, 6.07) is 0.265. The maximum atomic E-state index is 11.9. The number of nitrogens with zero attached hydrogens (tertiary/aromatic N) is 2. The molecular formula is C10H14N4OS. The third kappa shape index (κ3) is 2.07. The zero-order valence-corrected chi connectivity index (χ0v) is 10.0. The molecule has 86 valence electrons. The van der Waals surface area contributed by atoms with Gasteiger partial charge >= 0.3 is 0 Å². The van der Waals surface area contributed by atoms with Crippen molar-refractivity contribution in [3.8, 4) is 0 Å². The number of nitrogens with one attached hydrogen (secondary N) is 2. The van der Waals surface area contributed by atoms with Gasteiger partial charge in [-0.25, -0.2) is 4.98 Å². The van der Waals surface area contributed by atoms with E-state index in [4.69, 9.17) is 0 Å². The molecule has 0 aliphatic rings. The van der Waals surface area contributed by atoms with E-state index >= 15 is 0 Å². The topological polar surface area (TPSA) is 58.4 Å². The van der Waals surface area contributed by atoms with Crippen LogP contribution in [0.2, 0.25) is 0 Å². The number of rotatable bonds is 4. The summed E-state index contributed by atoms with van der Waals surface area (Å²) in [6.45, 7) is 2.63. The number of imidazole rings is 1. The highest BCUT2D eigenvalue weighted by molar-refractivity contribution is 7.15. The molecule has 2 rings (SSSR count). The average molecular weight is 238 g/mol. The van der Waals surface area contributed by atoms with E-state index in [0.717, 1.165) is 4.83 Å². The highest BCUT2D eigenvalue weighted by Gasteiger charge is 2.12. The minimum absolute atomic E-state index is 0.0636. The fourth-order valence-electron chi connectivity index (χ4n) is 1.33. The summed E-state index contributed by atoms with van der Waals surface area (Å²) in [5.41, 5.74) is 0.640. The van der Waals surface area contributed by atoms with E-state index in [2.05, 4.69) is 15.6 Å². The van der Waals surface area contributed by atoms with Gasteiger partial charge in [-0.3, -0.25) is 9.20 Å². The lowest BCUT2D eigenvalue weighted by molar-refractivity contribution is 0.0945. The number of aromatic nitrogens is 2. The van der Waals surface area contributed by atoms with Crippen LogP contribution in [0.15, 0.2) is 17.9 Å². The first-order chi connectivity index (χ1) is 7.72. The van der Waals surface area contributed by atoms with Crippen LogP contribution in [0.5, 0.6) is 0 Å². The predicted octanol–water partition coefficient (Wildman–Crippen LogP) is 0.734. The molecule has 0 spiro atoms. The monoisotopic (exact) mass is 238 g/mol. The van der Waals surface area contributed by atoms with E-state index in [0.29, 0.717) is 12.2 Å². The summed E-state index contributed by atoms with van der Waals surface area (Å²) >= 11 is 1.51. The van der Waals surface area contributed by atoms with E-state index in [1.54, 1.807) is 16.9 Å². The van der Waals surface area contributed by atoms with Crippen molar-refractivity contribution in [2.75, 3.05) is 13.6 Å². The molecule has 1 amide bonds. The normalized spacial score (nSPS) is 12.9. The summed E-state index contributed by atoms with van der Waals surface area (Å²) in [6.07, 6.45) is 3.40. The highest BCUT2D eigenvalue weighted by atomic mass is 32.1. The number of likely N-dealkylation sites (N-methyl/N-ethyl adjacent to an activating group) is 1. The van der Waals surface area contributed by atoms with Gasteiger partial charge in [-0.15, -0.1) is 11.3 Å². The average Bonchev–Trinajstić information content (AvgIpc) is 2.86. The van der Waals surface area contributed by atoms with Crippen LogP contribution >= 0.6 is 11.3 Å². The Morgan fingerprint density at radius 1 is 1.69 bits per heavy atom. The molecule has 16 heavy (non-hydrogen) atoms. The minimum Gasteiger partial charge on any atom is -0.349 e. The Labute approximate surface area is 97.5 Å². The maximum Gasteiger partial charge on any atom is 0.269 e. The summed E-state index contributed by atoms with van der Waals surface area (Å²) in [5.74, 6) is -0.0636. The Morgan fingerprint density at radius 2 is 2.50 bits per heavy atom. The summed E-state index contributed by atoms with van der Waals surface area (Å²) < 4.78 is 1.80. The van der Waals surface area contributed by atoms with Crippen molar-refractivity contribution in [3.05, 3.63) is 23.6 Å². The molecule has 0 fully saturated rings. The van der Waals surface area contributed by atoms with Crippen LogP contribution in [-0.2, 0) is 0 Å². The molecule has 1 atom stereocenters. The fraction of sp³-hybridized carbons (Fsp3) is 0.400. The molecule has 5 nitrogen and oxygen atoms in total. The van der Waals surface area contributed by atoms with Crippen LogP contribution < -0.4 is 10.6 Å². The molecule has 0 aliphatic heterocycles. The molecule has 0 radical (unpaired) electrons. The summed E-state index contributed by atoms with van der Waals surface area (Å²) in [7, 11) is 1.87. The van der Waals surface area contributed by atoms with Crippen LogP contribution in [0, 0.1) is 0 Å². The maximum absolute atomic E-state index is 11.9. The third-order valence-electron chi connectivity index (χ3n) is 2.45. The van der Waals surface area contributed by atoms with Gasteiger partial charge in [0.1, 0.15) is 16.9 Å². The van der Waals surface area contributed by atoms with Gasteiger partial charge in [-0.1, -0.05) is 0 Å². The molecule has 2 heterocycles. The Kier molecular flexibility index (Phi) is 3.21. The molecule has 0 aromatic carbocycles. The largest absolute Gasteiger partial charge is 0.349 e. The van der Waals surface area contributed by atoms with Gasteiger partial charge in [-0.2, -0.15) is 0 Å². The molecular weight excluding hydrogens is 224 g/mol. The van der Waals surface area contributed by atoms with Crippen LogP contribution in [0.1, 0.15) is 17.4 Å². The van der Waals surface area contributed by atoms with Gasteiger partial charge in [0.2, 0.25) is 0 Å². The summed E-state index contributed by atoms with van der Waals surface area (Å²) in [5, 5.41) is 7.78. The van der Waals surface area contributed by atoms with E-state index in [9.17, 15) is 4.79 Å². The van der Waals surface area contributed by atoms with Gasteiger partial charge in [0.15, 0.2) is 0 Å². The quantitative estimate of drug-likeness (QED) is 0.825. The van der Waals surface area contributed by atoms with Crippen LogP contribution in [0.25, 0.3) is 4.83 Å². The number of fused-ring (bicyclic) bond motifs is 1. The van der Waals surface area contributed by atoms with E-state index in [1.807, 2.05) is 19.4 Å². The lowest BCUT2D eigenvalue weighted by Gasteiger charge is -2.10. The van der Waals surface area contributed by atoms with Gasteiger partial charge in [0, 0.05) is 18.0 Å². The number of hydrogen-bond donors (Lipinski definition) is 2. The third-order valence-corrected chi connectivity index (χ3v) is 3.33. The lowest BCUT2D eigenvalue weighted by atomic mass is 10.3. The van der Waals surface area contributed by atoms with Gasteiger partial charge in [0.25, 0.3) is 5.91 Å². The molecule has 6 heteroatoms. The fourth-order valence-corrected chi connectivity index (χ4v) is 2.16. The first-order valence-electron chi connectivity index (χ1n) is 5.07. The lowest BCUT2D eigenvalue weighted by Crippen LogP contribution is -2.37. The van der Waals surface area contributed by atoms with Crippen molar-refractivity contribution in [1.29, 1.82) is 0 Å². The number of carbonyl (C=O) groups excluding carboxylic acids is 1. The Hall–Kier alpha value is -1.40. The van der Waals surface area contributed by atoms with Crippen molar-refractivity contribution in [3.63, 3.8) is 0 Å². The molecule has 0 bridgehead atoms. The van der Waals surface area contributed by atoms with Gasteiger partial charge in [-0.05, 0) is 14.0 Å². The molecule has 2 aromatic heterocycles. The number of thiazole rings is 1. The van der Waals surface area contributed by atoms with Crippen molar-refractivity contribution in [2.45, 2.75) is 13.0 Å². The second kappa shape index (κ2) is 4.63. The van der Waals surface area contributed by atoms with Crippen molar-refractivity contribution in [1.82, 2.24) is 20.0 Å². The number of hydrogen-bond acceptors (Lipinski definition) is 4. The van der Waals surface area contributed by atoms with E-state index in [-0.39, 0.29) is 11.9 Å². The first-order valence-corrected chi connectivity index (χ1v) is 5.95. The van der Waals surface area contributed by atoms with E-state index in [1.165, 1.54) is 11.3 Å². The van der Waals surface area contributed by atoms with Crippen LogP contribution in [0.4, 0.5) is 0 Å². The van der Waals surface area contributed by atoms with Crippen molar-refractivity contribution in [2.24, 2.45) is 0 Å². The predicted molar refractivity (Wildman–Crippen MR) is 63.9 cm³/mol. The highest BCUT2D eigenvalue weighted by Crippen LogP contribution is 2.15. The molecule has 2 N–H and O–H groups in total. The molecule has 0 saturated carbocycles. The second-order valence-electron chi connectivity index (χ2n) is 3.62. The van der Waals surface area contributed by atoms with Crippen LogP contribution in [-0.4, -0.2) is 34.9 Å². The van der Waals surface area contributed by atoms with Gasteiger partial charge < -0.3 is 10.6 Å². The zero-order chi connectivity index (χ0) is 11.5. The second-order valence-corrected chi connectivity index (χ2v) is 4.51. The Bertz CT molecular complexity index is 490. The number of carbonyl (C=O) groups is 1. The molecule has 1 unspecified atom stereocenters.